The van der Waals surface area contributed by atoms with Gasteiger partial charge in [-0.2, -0.15) is 5.10 Å². The summed E-state index contributed by atoms with van der Waals surface area (Å²) in [4.78, 5) is 37.3. The van der Waals surface area contributed by atoms with Crippen molar-refractivity contribution in [3.05, 3.63) is 57.5 Å². The summed E-state index contributed by atoms with van der Waals surface area (Å²) in [6.45, 7) is 1.47. The summed E-state index contributed by atoms with van der Waals surface area (Å²) in [5, 5.41) is 9.60. The van der Waals surface area contributed by atoms with Crippen LogP contribution in [0.15, 0.2) is 41.2 Å². The SMILES string of the molecule is O=C(CCCOc1ccccc1Cl)NC1CCN(C(=O)c2ccc(=O)[nH]n2)CC1. The van der Waals surface area contributed by atoms with Crippen molar-refractivity contribution < 1.29 is 14.3 Å². The van der Waals surface area contributed by atoms with Crippen molar-refractivity contribution in [2.24, 2.45) is 0 Å². The van der Waals surface area contributed by atoms with E-state index in [0.717, 1.165) is 0 Å². The maximum absolute atomic E-state index is 12.4. The lowest BCUT2D eigenvalue weighted by molar-refractivity contribution is -0.122. The topological polar surface area (TPSA) is 104 Å². The minimum Gasteiger partial charge on any atom is -0.492 e. The Morgan fingerprint density at radius 3 is 2.66 bits per heavy atom. The molecule has 0 aliphatic carbocycles. The lowest BCUT2D eigenvalue weighted by Gasteiger charge is -2.32. The van der Waals surface area contributed by atoms with Crippen molar-refractivity contribution in [1.82, 2.24) is 20.4 Å². The first kappa shape index (κ1) is 20.9. The van der Waals surface area contributed by atoms with E-state index in [0.29, 0.717) is 56.2 Å². The minimum absolute atomic E-state index is 0.0279. The van der Waals surface area contributed by atoms with Gasteiger partial charge < -0.3 is 15.0 Å². The summed E-state index contributed by atoms with van der Waals surface area (Å²) in [6.07, 6.45) is 2.31. The smallest absolute Gasteiger partial charge is 0.274 e. The van der Waals surface area contributed by atoms with Gasteiger partial charge >= 0.3 is 0 Å². The highest BCUT2D eigenvalue weighted by Gasteiger charge is 2.25. The van der Waals surface area contributed by atoms with Crippen LogP contribution in [0.3, 0.4) is 0 Å². The van der Waals surface area contributed by atoms with Gasteiger partial charge in [0.2, 0.25) is 5.91 Å². The van der Waals surface area contributed by atoms with E-state index < -0.39 is 0 Å². The molecular weight excluding hydrogens is 396 g/mol. The summed E-state index contributed by atoms with van der Waals surface area (Å²) in [6, 6.07) is 9.97. The molecule has 0 radical (unpaired) electrons. The van der Waals surface area contributed by atoms with Crippen molar-refractivity contribution in [2.75, 3.05) is 19.7 Å². The zero-order valence-electron chi connectivity index (χ0n) is 15.9. The fraction of sp³-hybridized carbons (Fsp3) is 0.400. The van der Waals surface area contributed by atoms with E-state index in [1.807, 2.05) is 12.1 Å². The fourth-order valence-electron chi connectivity index (χ4n) is 3.13. The molecule has 1 fully saturated rings. The number of hydrogen-bond acceptors (Lipinski definition) is 5. The Kier molecular flexibility index (Phi) is 7.24. The summed E-state index contributed by atoms with van der Waals surface area (Å²) in [7, 11) is 0. The monoisotopic (exact) mass is 418 g/mol. The Hall–Kier alpha value is -2.87. The fourth-order valence-corrected chi connectivity index (χ4v) is 3.32. The van der Waals surface area contributed by atoms with Gasteiger partial charge in [0.15, 0.2) is 0 Å². The second kappa shape index (κ2) is 10.1. The number of H-pyrrole nitrogens is 1. The largest absolute Gasteiger partial charge is 0.492 e. The van der Waals surface area contributed by atoms with Crippen molar-refractivity contribution in [1.29, 1.82) is 0 Å². The molecule has 1 aromatic heterocycles. The van der Waals surface area contributed by atoms with Gasteiger partial charge in [0.05, 0.1) is 11.6 Å². The standard InChI is InChI=1S/C20H23ClN4O4/c21-15-4-1-2-5-17(15)29-13-3-6-18(26)22-14-9-11-25(12-10-14)20(28)16-7-8-19(27)24-23-16/h1-2,4-5,7-8,14H,3,6,9-13H2,(H,22,26)(H,24,27). The van der Waals surface area contributed by atoms with Gasteiger partial charge in [-0.15, -0.1) is 0 Å². The summed E-state index contributed by atoms with van der Waals surface area (Å²) < 4.78 is 5.58. The highest BCUT2D eigenvalue weighted by atomic mass is 35.5. The number of halogens is 1. The Morgan fingerprint density at radius 1 is 1.21 bits per heavy atom. The molecule has 2 aromatic rings. The zero-order valence-corrected chi connectivity index (χ0v) is 16.7. The van der Waals surface area contributed by atoms with Crippen LogP contribution in [0.2, 0.25) is 5.02 Å². The Balaban J connectivity index is 1.35. The number of amides is 2. The number of ether oxygens (including phenoxy) is 1. The van der Waals surface area contributed by atoms with Crippen LogP contribution in [-0.2, 0) is 4.79 Å². The highest BCUT2D eigenvalue weighted by molar-refractivity contribution is 6.32. The van der Waals surface area contributed by atoms with Crippen LogP contribution in [0.4, 0.5) is 0 Å². The van der Waals surface area contributed by atoms with Crippen molar-refractivity contribution in [3.8, 4) is 5.75 Å². The average Bonchev–Trinajstić information content (AvgIpc) is 2.73. The van der Waals surface area contributed by atoms with E-state index in [-0.39, 0.29) is 29.1 Å². The normalized spacial score (nSPS) is 14.4. The maximum atomic E-state index is 12.4. The van der Waals surface area contributed by atoms with Gasteiger partial charge in [-0.3, -0.25) is 14.4 Å². The van der Waals surface area contributed by atoms with Crippen LogP contribution in [0.25, 0.3) is 0 Å². The zero-order chi connectivity index (χ0) is 20.6. The Labute approximate surface area is 173 Å². The number of rotatable bonds is 7. The second-order valence-electron chi connectivity index (χ2n) is 6.82. The highest BCUT2D eigenvalue weighted by Crippen LogP contribution is 2.23. The van der Waals surface area contributed by atoms with Crippen LogP contribution in [-0.4, -0.2) is 52.6 Å². The summed E-state index contributed by atoms with van der Waals surface area (Å²) in [5.41, 5.74) is -0.133. The molecule has 9 heteroatoms. The van der Waals surface area contributed by atoms with Crippen molar-refractivity contribution in [2.45, 2.75) is 31.7 Å². The maximum Gasteiger partial charge on any atom is 0.274 e. The van der Waals surface area contributed by atoms with Gasteiger partial charge in [0.25, 0.3) is 11.5 Å². The molecule has 2 heterocycles. The number of carbonyl (C=O) groups is 2. The van der Waals surface area contributed by atoms with Crippen LogP contribution in [0, 0.1) is 0 Å². The Bertz CT molecular complexity index is 889. The second-order valence-corrected chi connectivity index (χ2v) is 7.23. The number of para-hydroxylation sites is 1. The van der Waals surface area contributed by atoms with Crippen LogP contribution in [0.1, 0.15) is 36.2 Å². The lowest BCUT2D eigenvalue weighted by Crippen LogP contribution is -2.46. The number of nitrogens with zero attached hydrogens (tertiary/aromatic N) is 2. The molecule has 0 saturated carbocycles. The predicted molar refractivity (Wildman–Crippen MR) is 108 cm³/mol. The molecule has 1 saturated heterocycles. The Morgan fingerprint density at radius 2 is 1.97 bits per heavy atom. The molecule has 8 nitrogen and oxygen atoms in total. The molecule has 1 aromatic carbocycles. The minimum atomic E-state index is -0.347. The third-order valence-corrected chi connectivity index (χ3v) is 5.00. The quantitative estimate of drug-likeness (QED) is 0.669. The molecule has 154 valence electrons. The molecule has 1 aliphatic rings. The van der Waals surface area contributed by atoms with Crippen LogP contribution in [0.5, 0.6) is 5.75 Å². The predicted octanol–water partition coefficient (Wildman–Crippen LogP) is 2.00. The van der Waals surface area contributed by atoms with Gasteiger partial charge in [-0.25, -0.2) is 5.10 Å². The first-order chi connectivity index (χ1) is 14.0. The number of hydrogen-bond donors (Lipinski definition) is 2. The first-order valence-corrected chi connectivity index (χ1v) is 9.92. The molecular formula is C20H23ClN4O4. The summed E-state index contributed by atoms with van der Waals surface area (Å²) in [5.74, 6) is 0.367. The molecule has 3 rings (SSSR count). The third kappa shape index (κ3) is 6.05. The summed E-state index contributed by atoms with van der Waals surface area (Å²) >= 11 is 6.02. The van der Waals surface area contributed by atoms with E-state index in [1.165, 1.54) is 12.1 Å². The van der Waals surface area contributed by atoms with Crippen molar-refractivity contribution in [3.63, 3.8) is 0 Å². The third-order valence-electron chi connectivity index (χ3n) is 4.69. The van der Waals surface area contributed by atoms with Crippen LogP contribution < -0.4 is 15.6 Å². The number of aromatic amines is 1. The van der Waals surface area contributed by atoms with E-state index in [9.17, 15) is 14.4 Å². The van der Waals surface area contributed by atoms with Gasteiger partial charge in [0, 0.05) is 31.6 Å². The molecule has 2 N–H and O–H groups in total. The number of carbonyl (C=O) groups excluding carboxylic acids is 2. The van der Waals surface area contributed by atoms with E-state index in [2.05, 4.69) is 15.5 Å². The van der Waals surface area contributed by atoms with Gasteiger partial charge in [-0.1, -0.05) is 23.7 Å². The number of nitrogens with one attached hydrogen (secondary N) is 2. The first-order valence-electron chi connectivity index (χ1n) is 9.54. The molecule has 0 atom stereocenters. The molecule has 0 unspecified atom stereocenters. The number of benzene rings is 1. The average molecular weight is 419 g/mol. The van der Waals surface area contributed by atoms with Gasteiger partial charge in [-0.05, 0) is 37.5 Å². The van der Waals surface area contributed by atoms with Crippen molar-refractivity contribution >= 4 is 23.4 Å². The number of likely N-dealkylation sites (tertiary alicyclic amines) is 1. The number of piperidine rings is 1. The lowest BCUT2D eigenvalue weighted by atomic mass is 10.0. The number of aromatic nitrogens is 2. The van der Waals surface area contributed by atoms with Gasteiger partial charge in [0.1, 0.15) is 11.4 Å². The van der Waals surface area contributed by atoms with E-state index >= 15 is 0 Å². The molecule has 29 heavy (non-hydrogen) atoms. The molecule has 2 amide bonds. The molecule has 1 aliphatic heterocycles. The van der Waals surface area contributed by atoms with E-state index in [1.54, 1.807) is 17.0 Å². The molecule has 0 spiro atoms. The van der Waals surface area contributed by atoms with Crippen LogP contribution >= 0.6 is 11.6 Å². The molecule has 0 bridgehead atoms. The van der Waals surface area contributed by atoms with E-state index in [4.69, 9.17) is 16.3 Å².